The number of nitrogens with zero attached hydrogens (tertiary/aromatic N) is 1. The second-order valence-corrected chi connectivity index (χ2v) is 9.01. The summed E-state index contributed by atoms with van der Waals surface area (Å²) in [4.78, 5) is 27.5. The minimum Gasteiger partial charge on any atom is -0.507 e. The minimum atomic E-state index is -0.799. The van der Waals surface area contributed by atoms with Crippen LogP contribution in [0.25, 0.3) is 5.76 Å². The van der Waals surface area contributed by atoms with E-state index in [1.165, 1.54) is 4.90 Å². The Balaban J connectivity index is 2.06. The highest BCUT2D eigenvalue weighted by atomic mass is 35.5. The van der Waals surface area contributed by atoms with Gasteiger partial charge in [0.05, 0.1) is 28.3 Å². The smallest absolute Gasteiger partial charge is 0.295 e. The Morgan fingerprint density at radius 2 is 1.82 bits per heavy atom. The van der Waals surface area contributed by atoms with Crippen molar-refractivity contribution in [2.75, 3.05) is 26.9 Å². The predicted molar refractivity (Wildman–Crippen MR) is 134 cm³/mol. The lowest BCUT2D eigenvalue weighted by Crippen LogP contribution is -2.31. The van der Waals surface area contributed by atoms with E-state index in [-0.39, 0.29) is 17.9 Å². The van der Waals surface area contributed by atoms with Crippen LogP contribution < -0.4 is 4.74 Å². The lowest BCUT2D eigenvalue weighted by atomic mass is 9.94. The normalized spacial score (nSPS) is 17.4. The van der Waals surface area contributed by atoms with Crippen molar-refractivity contribution in [2.45, 2.75) is 39.2 Å². The van der Waals surface area contributed by atoms with Crippen molar-refractivity contribution in [1.82, 2.24) is 4.90 Å². The molecule has 1 saturated heterocycles. The van der Waals surface area contributed by atoms with Crippen LogP contribution in [0.3, 0.4) is 0 Å². The first-order chi connectivity index (χ1) is 16.3. The van der Waals surface area contributed by atoms with Crippen molar-refractivity contribution in [1.29, 1.82) is 0 Å². The van der Waals surface area contributed by atoms with Gasteiger partial charge in [0, 0.05) is 25.8 Å². The third-order valence-corrected chi connectivity index (χ3v) is 6.49. The van der Waals surface area contributed by atoms with Crippen molar-refractivity contribution >= 4 is 40.7 Å². The van der Waals surface area contributed by atoms with Crippen molar-refractivity contribution in [3.8, 4) is 5.75 Å². The second-order valence-electron chi connectivity index (χ2n) is 8.19. The molecule has 1 N–H and O–H groups in total. The second kappa shape index (κ2) is 11.7. The molecule has 0 radical (unpaired) electrons. The van der Waals surface area contributed by atoms with Crippen LogP contribution in [0, 0.1) is 6.92 Å². The highest BCUT2D eigenvalue weighted by Crippen LogP contribution is 2.41. The number of benzene rings is 2. The predicted octanol–water partition coefficient (Wildman–Crippen LogP) is 5.94. The van der Waals surface area contributed by atoms with E-state index in [1.54, 1.807) is 43.5 Å². The number of aliphatic hydroxyl groups is 1. The van der Waals surface area contributed by atoms with Gasteiger partial charge in [0.2, 0.25) is 0 Å². The topological polar surface area (TPSA) is 76.1 Å². The summed E-state index contributed by atoms with van der Waals surface area (Å²) in [5.74, 6) is -0.949. The van der Waals surface area contributed by atoms with Gasteiger partial charge in [-0.05, 0) is 61.2 Å². The summed E-state index contributed by atoms with van der Waals surface area (Å²) in [6.45, 7) is 5.27. The highest BCUT2D eigenvalue weighted by molar-refractivity contribution is 6.46. The number of unbranched alkanes of at least 4 members (excludes halogenated alkanes) is 1. The Morgan fingerprint density at radius 3 is 2.47 bits per heavy atom. The van der Waals surface area contributed by atoms with Gasteiger partial charge in [-0.2, -0.15) is 0 Å². The summed E-state index contributed by atoms with van der Waals surface area (Å²) in [5, 5.41) is 11.9. The molecule has 1 aliphatic rings. The molecule has 1 amide bonds. The molecular formula is C26H29Cl2NO5. The molecule has 2 aromatic rings. The standard InChI is InChI=1S/C26H29Cl2NO5/c1-4-5-13-34-21-10-8-18(14-16(21)2)24(30)22-23(17-7-9-19(27)20(28)15-17)29(11-6-12-33-3)26(32)25(22)31/h7-10,14-15,23,30H,4-6,11-13H2,1-3H3/b24-22+. The van der Waals surface area contributed by atoms with Crippen molar-refractivity contribution in [3.05, 3.63) is 68.7 Å². The van der Waals surface area contributed by atoms with E-state index in [4.69, 9.17) is 32.7 Å². The van der Waals surface area contributed by atoms with Gasteiger partial charge in [-0.15, -0.1) is 0 Å². The van der Waals surface area contributed by atoms with Gasteiger partial charge in [0.15, 0.2) is 0 Å². The Labute approximate surface area is 210 Å². The third kappa shape index (κ3) is 5.57. The average molecular weight is 506 g/mol. The maximum atomic E-state index is 13.1. The Hall–Kier alpha value is -2.54. The summed E-state index contributed by atoms with van der Waals surface area (Å²) >= 11 is 12.3. The molecule has 0 bridgehead atoms. The van der Waals surface area contributed by atoms with Crippen LogP contribution in [0.2, 0.25) is 10.0 Å². The van der Waals surface area contributed by atoms with Crippen LogP contribution in [0.15, 0.2) is 42.0 Å². The number of amides is 1. The Kier molecular flexibility index (Phi) is 9.00. The summed E-state index contributed by atoms with van der Waals surface area (Å²) in [7, 11) is 1.57. The molecule has 0 saturated carbocycles. The maximum absolute atomic E-state index is 13.1. The van der Waals surface area contributed by atoms with E-state index >= 15 is 0 Å². The average Bonchev–Trinajstić information content (AvgIpc) is 3.06. The van der Waals surface area contributed by atoms with Crippen LogP contribution in [-0.4, -0.2) is 48.6 Å². The van der Waals surface area contributed by atoms with Gasteiger partial charge < -0.3 is 19.5 Å². The maximum Gasteiger partial charge on any atom is 0.295 e. The molecule has 2 aromatic carbocycles. The Morgan fingerprint density at radius 1 is 1.06 bits per heavy atom. The Bertz CT molecular complexity index is 1100. The number of methoxy groups -OCH3 is 1. The minimum absolute atomic E-state index is 0.0138. The molecule has 8 heteroatoms. The van der Waals surface area contributed by atoms with Crippen LogP contribution in [-0.2, 0) is 14.3 Å². The number of Topliss-reactive ketones (excluding diaryl/α,β-unsaturated/α-hetero) is 1. The molecule has 1 aliphatic heterocycles. The van der Waals surface area contributed by atoms with E-state index in [2.05, 4.69) is 6.92 Å². The number of aryl methyl sites for hydroxylation is 1. The number of hydrogen-bond donors (Lipinski definition) is 1. The zero-order valence-corrected chi connectivity index (χ0v) is 21.1. The molecule has 34 heavy (non-hydrogen) atoms. The molecular weight excluding hydrogens is 477 g/mol. The summed E-state index contributed by atoms with van der Waals surface area (Å²) < 4.78 is 10.9. The van der Waals surface area contributed by atoms with Gasteiger partial charge in [0.25, 0.3) is 11.7 Å². The van der Waals surface area contributed by atoms with Gasteiger partial charge in [-0.1, -0.05) is 42.6 Å². The van der Waals surface area contributed by atoms with E-state index in [9.17, 15) is 14.7 Å². The fourth-order valence-corrected chi connectivity index (χ4v) is 4.27. The number of hydrogen-bond acceptors (Lipinski definition) is 5. The zero-order valence-electron chi connectivity index (χ0n) is 19.6. The lowest BCUT2D eigenvalue weighted by Gasteiger charge is -2.25. The number of likely N-dealkylation sites (tertiary alicyclic amines) is 1. The largest absolute Gasteiger partial charge is 0.507 e. The van der Waals surface area contributed by atoms with Crippen molar-refractivity contribution in [2.24, 2.45) is 0 Å². The van der Waals surface area contributed by atoms with E-state index in [0.29, 0.717) is 46.6 Å². The van der Waals surface area contributed by atoms with Gasteiger partial charge in [0.1, 0.15) is 11.5 Å². The number of ether oxygens (including phenoxy) is 2. The SMILES string of the molecule is CCCCOc1ccc(/C(O)=C2\C(=O)C(=O)N(CCCOC)C2c2ccc(Cl)c(Cl)c2)cc1C. The number of ketones is 1. The molecule has 182 valence electrons. The monoisotopic (exact) mass is 505 g/mol. The molecule has 0 spiro atoms. The summed E-state index contributed by atoms with van der Waals surface area (Å²) in [5.41, 5.74) is 1.85. The molecule has 6 nitrogen and oxygen atoms in total. The van der Waals surface area contributed by atoms with Gasteiger partial charge >= 0.3 is 0 Å². The number of halogens is 2. The molecule has 1 unspecified atom stereocenters. The van der Waals surface area contributed by atoms with E-state index in [1.807, 2.05) is 6.92 Å². The zero-order chi connectivity index (χ0) is 24.8. The highest BCUT2D eigenvalue weighted by Gasteiger charge is 2.45. The first-order valence-corrected chi connectivity index (χ1v) is 12.0. The molecule has 3 rings (SSSR count). The molecule has 1 heterocycles. The van der Waals surface area contributed by atoms with E-state index in [0.717, 1.165) is 18.4 Å². The van der Waals surface area contributed by atoms with Crippen LogP contribution >= 0.6 is 23.2 Å². The fourth-order valence-electron chi connectivity index (χ4n) is 3.96. The molecule has 1 fully saturated rings. The van der Waals surface area contributed by atoms with E-state index < -0.39 is 17.7 Å². The summed E-state index contributed by atoms with van der Waals surface area (Å²) in [6.07, 6.45) is 2.50. The fraction of sp³-hybridized carbons (Fsp3) is 0.385. The van der Waals surface area contributed by atoms with Crippen LogP contribution in [0.5, 0.6) is 5.75 Å². The number of rotatable bonds is 10. The first kappa shape index (κ1) is 26.1. The number of carbonyl (C=O) groups is 2. The molecule has 0 aliphatic carbocycles. The molecule has 0 aromatic heterocycles. The van der Waals surface area contributed by atoms with Gasteiger partial charge in [-0.3, -0.25) is 9.59 Å². The number of carbonyl (C=O) groups excluding carboxylic acids is 2. The van der Waals surface area contributed by atoms with Crippen molar-refractivity contribution < 1.29 is 24.2 Å². The van der Waals surface area contributed by atoms with Gasteiger partial charge in [-0.25, -0.2) is 0 Å². The first-order valence-electron chi connectivity index (χ1n) is 11.3. The third-order valence-electron chi connectivity index (χ3n) is 5.75. The van der Waals surface area contributed by atoms with Crippen LogP contribution in [0.1, 0.15) is 48.9 Å². The van der Waals surface area contributed by atoms with Crippen molar-refractivity contribution in [3.63, 3.8) is 0 Å². The number of aliphatic hydroxyl groups excluding tert-OH is 1. The summed E-state index contributed by atoms with van der Waals surface area (Å²) in [6, 6.07) is 9.34. The van der Waals surface area contributed by atoms with Crippen LogP contribution in [0.4, 0.5) is 0 Å². The lowest BCUT2D eigenvalue weighted by molar-refractivity contribution is -0.140. The molecule has 1 atom stereocenters. The quantitative estimate of drug-likeness (QED) is 0.187.